The highest BCUT2D eigenvalue weighted by Gasteiger charge is 2.21. The van der Waals surface area contributed by atoms with Crippen LogP contribution >= 0.6 is 0 Å². The Kier molecular flexibility index (Phi) is 11.9. The molecule has 180 valence electrons. The lowest BCUT2D eigenvalue weighted by atomic mass is 10.1. The standard InChI is InChI=1S/C25H40N2O5/c1-3-5-6-9-16-27(25(30)26-21-10-7-8-11-21)17-18-32-22-14-12-20(13-15-22)19-23(24(28)29)31-4-2/h12-15,21,23H,3-11,16-19H2,1-2H3,(H,26,30)(H,28,29). The summed E-state index contributed by atoms with van der Waals surface area (Å²) in [5, 5.41) is 12.4. The monoisotopic (exact) mass is 448 g/mol. The zero-order valence-corrected chi connectivity index (χ0v) is 19.7. The maximum absolute atomic E-state index is 12.8. The number of nitrogens with one attached hydrogen (secondary N) is 1. The second kappa shape index (κ2) is 14.7. The van der Waals surface area contributed by atoms with Crippen LogP contribution in [-0.2, 0) is 16.0 Å². The van der Waals surface area contributed by atoms with E-state index in [0.29, 0.717) is 38.0 Å². The van der Waals surface area contributed by atoms with Gasteiger partial charge >= 0.3 is 12.0 Å². The molecule has 1 aliphatic carbocycles. The summed E-state index contributed by atoms with van der Waals surface area (Å²) < 4.78 is 11.1. The first kappa shape index (κ1) is 26.0. The van der Waals surface area contributed by atoms with Crippen LogP contribution in [0.3, 0.4) is 0 Å². The van der Waals surface area contributed by atoms with Crippen LogP contribution in [0.25, 0.3) is 0 Å². The van der Waals surface area contributed by atoms with E-state index in [9.17, 15) is 14.7 Å². The van der Waals surface area contributed by atoms with Crippen molar-refractivity contribution in [1.82, 2.24) is 10.2 Å². The Balaban J connectivity index is 1.82. The van der Waals surface area contributed by atoms with E-state index < -0.39 is 12.1 Å². The van der Waals surface area contributed by atoms with Gasteiger partial charge in [-0.1, -0.05) is 51.2 Å². The number of rotatable bonds is 15. The number of carboxylic acid groups (broad SMARTS) is 1. The predicted octanol–water partition coefficient (Wildman–Crippen LogP) is 4.63. The summed E-state index contributed by atoms with van der Waals surface area (Å²) in [6.07, 6.45) is 8.50. The van der Waals surface area contributed by atoms with Crippen LogP contribution in [-0.4, -0.2) is 60.5 Å². The number of benzene rings is 1. The van der Waals surface area contributed by atoms with Gasteiger partial charge in [0.15, 0.2) is 6.10 Å². The lowest BCUT2D eigenvalue weighted by Crippen LogP contribution is -2.45. The van der Waals surface area contributed by atoms with Crippen LogP contribution in [0.5, 0.6) is 5.75 Å². The van der Waals surface area contributed by atoms with Crippen molar-refractivity contribution in [3.8, 4) is 5.75 Å². The molecule has 1 aromatic rings. The summed E-state index contributed by atoms with van der Waals surface area (Å²) in [7, 11) is 0. The number of unbranched alkanes of at least 4 members (excludes halogenated alkanes) is 3. The number of urea groups is 1. The molecule has 1 saturated carbocycles. The topological polar surface area (TPSA) is 88.1 Å². The summed E-state index contributed by atoms with van der Waals surface area (Å²) in [6, 6.07) is 7.72. The average Bonchev–Trinajstić information content (AvgIpc) is 3.29. The number of carboxylic acids is 1. The maximum atomic E-state index is 12.8. The second-order valence-electron chi connectivity index (χ2n) is 8.46. The molecule has 1 aliphatic rings. The molecule has 2 N–H and O–H groups in total. The number of nitrogens with zero attached hydrogens (tertiary/aromatic N) is 1. The summed E-state index contributed by atoms with van der Waals surface area (Å²) in [5.74, 6) is -0.249. The molecule has 7 heteroatoms. The van der Waals surface area contributed by atoms with Gasteiger partial charge in [-0.2, -0.15) is 0 Å². The SMILES string of the molecule is CCCCCCN(CCOc1ccc(CC(OCC)C(=O)O)cc1)C(=O)NC1CCCC1. The third-order valence-electron chi connectivity index (χ3n) is 5.87. The van der Waals surface area contributed by atoms with Crippen molar-refractivity contribution in [1.29, 1.82) is 0 Å². The zero-order chi connectivity index (χ0) is 23.2. The molecule has 0 radical (unpaired) electrons. The number of carbonyl (C=O) groups excluding carboxylic acids is 1. The summed E-state index contributed by atoms with van der Waals surface area (Å²) >= 11 is 0. The first-order valence-electron chi connectivity index (χ1n) is 12.1. The fourth-order valence-electron chi connectivity index (χ4n) is 4.01. The summed E-state index contributed by atoms with van der Waals surface area (Å²) in [6.45, 7) is 6.03. The van der Waals surface area contributed by atoms with E-state index in [1.165, 1.54) is 25.7 Å². The summed E-state index contributed by atoms with van der Waals surface area (Å²) in [4.78, 5) is 25.9. The Labute approximate surface area is 192 Å². The number of ether oxygens (including phenoxy) is 2. The van der Waals surface area contributed by atoms with Gasteiger partial charge in [0.2, 0.25) is 0 Å². The van der Waals surface area contributed by atoms with Crippen molar-refractivity contribution >= 4 is 12.0 Å². The Morgan fingerprint density at radius 2 is 1.81 bits per heavy atom. The molecule has 2 amide bonds. The molecule has 7 nitrogen and oxygen atoms in total. The number of hydrogen-bond donors (Lipinski definition) is 2. The molecular formula is C25H40N2O5. The minimum absolute atomic E-state index is 0.0167. The molecule has 32 heavy (non-hydrogen) atoms. The third kappa shape index (κ3) is 9.47. The molecule has 1 fully saturated rings. The van der Waals surface area contributed by atoms with Crippen molar-refractivity contribution in [3.63, 3.8) is 0 Å². The van der Waals surface area contributed by atoms with E-state index in [1.807, 2.05) is 29.2 Å². The van der Waals surface area contributed by atoms with Gasteiger partial charge in [-0.15, -0.1) is 0 Å². The normalized spacial score (nSPS) is 14.8. The van der Waals surface area contributed by atoms with Crippen molar-refractivity contribution in [2.24, 2.45) is 0 Å². The van der Waals surface area contributed by atoms with Gasteiger partial charge < -0.3 is 24.8 Å². The van der Waals surface area contributed by atoms with Crippen molar-refractivity contribution in [2.45, 2.75) is 83.8 Å². The van der Waals surface area contributed by atoms with Gasteiger partial charge in [-0.3, -0.25) is 0 Å². The minimum Gasteiger partial charge on any atom is -0.492 e. The van der Waals surface area contributed by atoms with E-state index in [0.717, 1.165) is 37.8 Å². The minimum atomic E-state index is -0.956. The van der Waals surface area contributed by atoms with E-state index in [4.69, 9.17) is 9.47 Å². The van der Waals surface area contributed by atoms with Gasteiger partial charge in [0, 0.05) is 25.6 Å². The molecule has 0 aliphatic heterocycles. The number of aliphatic carboxylic acids is 1. The fraction of sp³-hybridized carbons (Fsp3) is 0.680. The van der Waals surface area contributed by atoms with Gasteiger partial charge in [0.25, 0.3) is 0 Å². The first-order valence-corrected chi connectivity index (χ1v) is 12.1. The maximum Gasteiger partial charge on any atom is 0.333 e. The third-order valence-corrected chi connectivity index (χ3v) is 5.87. The highest BCUT2D eigenvalue weighted by atomic mass is 16.5. The fourth-order valence-corrected chi connectivity index (χ4v) is 4.01. The Morgan fingerprint density at radius 3 is 2.44 bits per heavy atom. The van der Waals surface area contributed by atoms with Crippen LogP contribution in [0.1, 0.15) is 70.8 Å². The van der Waals surface area contributed by atoms with Crippen LogP contribution in [0.4, 0.5) is 4.79 Å². The lowest BCUT2D eigenvalue weighted by molar-refractivity contribution is -0.149. The van der Waals surface area contributed by atoms with Crippen molar-refractivity contribution in [2.75, 3.05) is 26.3 Å². The lowest BCUT2D eigenvalue weighted by Gasteiger charge is -2.25. The molecule has 2 rings (SSSR count). The Morgan fingerprint density at radius 1 is 1.09 bits per heavy atom. The van der Waals surface area contributed by atoms with Gasteiger partial charge in [-0.25, -0.2) is 9.59 Å². The van der Waals surface area contributed by atoms with Crippen molar-refractivity contribution in [3.05, 3.63) is 29.8 Å². The molecule has 0 saturated heterocycles. The molecule has 1 unspecified atom stereocenters. The zero-order valence-electron chi connectivity index (χ0n) is 19.7. The molecule has 0 spiro atoms. The smallest absolute Gasteiger partial charge is 0.333 e. The number of hydrogen-bond acceptors (Lipinski definition) is 4. The molecule has 0 bridgehead atoms. The number of amides is 2. The molecular weight excluding hydrogens is 408 g/mol. The Bertz CT molecular complexity index is 673. The Hall–Kier alpha value is -2.28. The van der Waals surface area contributed by atoms with E-state index in [1.54, 1.807) is 6.92 Å². The first-order chi connectivity index (χ1) is 15.5. The van der Waals surface area contributed by atoms with E-state index >= 15 is 0 Å². The highest BCUT2D eigenvalue weighted by molar-refractivity contribution is 5.74. The van der Waals surface area contributed by atoms with E-state index in [-0.39, 0.29) is 6.03 Å². The second-order valence-corrected chi connectivity index (χ2v) is 8.46. The van der Waals surface area contributed by atoms with Crippen molar-refractivity contribution < 1.29 is 24.2 Å². The van der Waals surface area contributed by atoms with Crippen LogP contribution in [0.15, 0.2) is 24.3 Å². The van der Waals surface area contributed by atoms with Gasteiger partial charge in [-0.05, 0) is 43.9 Å². The van der Waals surface area contributed by atoms with Crippen LogP contribution in [0.2, 0.25) is 0 Å². The molecule has 0 aromatic heterocycles. The average molecular weight is 449 g/mol. The molecule has 1 atom stereocenters. The highest BCUT2D eigenvalue weighted by Crippen LogP contribution is 2.18. The predicted molar refractivity (Wildman–Crippen MR) is 125 cm³/mol. The van der Waals surface area contributed by atoms with Gasteiger partial charge in [0.1, 0.15) is 12.4 Å². The van der Waals surface area contributed by atoms with Crippen LogP contribution < -0.4 is 10.1 Å². The van der Waals surface area contributed by atoms with Crippen LogP contribution in [0, 0.1) is 0 Å². The number of carbonyl (C=O) groups is 2. The molecule has 0 heterocycles. The molecule has 1 aromatic carbocycles. The van der Waals surface area contributed by atoms with Gasteiger partial charge in [0.05, 0.1) is 6.54 Å². The quantitative estimate of drug-likeness (QED) is 0.382. The summed E-state index contributed by atoms with van der Waals surface area (Å²) in [5.41, 5.74) is 0.881. The largest absolute Gasteiger partial charge is 0.492 e. The van der Waals surface area contributed by atoms with E-state index in [2.05, 4.69) is 12.2 Å².